The predicted molar refractivity (Wildman–Crippen MR) is 68.0 cm³/mol. The molecule has 2 unspecified atom stereocenters. The van der Waals surface area contributed by atoms with Gasteiger partial charge < -0.3 is 5.11 Å². The van der Waals surface area contributed by atoms with E-state index in [-0.39, 0.29) is 11.6 Å². The molecule has 2 atom stereocenters. The minimum absolute atomic E-state index is 0.0573. The van der Waals surface area contributed by atoms with Crippen molar-refractivity contribution < 1.29 is 22.7 Å². The first-order valence-electron chi connectivity index (χ1n) is 5.68. The molecule has 0 aliphatic heterocycles. The summed E-state index contributed by atoms with van der Waals surface area (Å²) >= 11 is 0. The van der Waals surface area contributed by atoms with Gasteiger partial charge in [0.05, 0.1) is 17.4 Å². The van der Waals surface area contributed by atoms with Gasteiger partial charge >= 0.3 is 5.97 Å². The Balaban J connectivity index is 2.38. The van der Waals surface area contributed by atoms with E-state index in [1.807, 2.05) is 4.72 Å². The van der Waals surface area contributed by atoms with Gasteiger partial charge in [-0.1, -0.05) is 13.0 Å². The highest BCUT2D eigenvalue weighted by atomic mass is 32.2. The van der Waals surface area contributed by atoms with Crippen molar-refractivity contribution in [1.29, 1.82) is 0 Å². The molecule has 19 heavy (non-hydrogen) atoms. The molecule has 5 nitrogen and oxygen atoms in total. The van der Waals surface area contributed by atoms with Crippen molar-refractivity contribution in [1.82, 2.24) is 0 Å². The SMILES string of the molecule is CC1CC1(C(=O)O)c1ccc(NS(C)(=O)=O)c(F)c1. The monoisotopic (exact) mass is 287 g/mol. The maximum Gasteiger partial charge on any atom is 0.314 e. The summed E-state index contributed by atoms with van der Waals surface area (Å²) in [6.45, 7) is 1.79. The highest BCUT2D eigenvalue weighted by Crippen LogP contribution is 2.54. The number of hydrogen-bond acceptors (Lipinski definition) is 3. The van der Waals surface area contributed by atoms with E-state index in [1.54, 1.807) is 6.92 Å². The zero-order valence-corrected chi connectivity index (χ0v) is 11.3. The molecule has 1 aromatic rings. The van der Waals surface area contributed by atoms with E-state index in [2.05, 4.69) is 0 Å². The van der Waals surface area contributed by atoms with Crippen LogP contribution in [0.15, 0.2) is 18.2 Å². The molecule has 1 aliphatic carbocycles. The van der Waals surface area contributed by atoms with Crippen LogP contribution >= 0.6 is 0 Å². The second kappa shape index (κ2) is 4.19. The molecule has 2 rings (SSSR count). The lowest BCUT2D eigenvalue weighted by molar-refractivity contribution is -0.140. The van der Waals surface area contributed by atoms with Gasteiger partial charge in [-0.3, -0.25) is 9.52 Å². The molecule has 1 fully saturated rings. The van der Waals surface area contributed by atoms with Crippen molar-refractivity contribution in [3.05, 3.63) is 29.6 Å². The maximum atomic E-state index is 13.8. The summed E-state index contributed by atoms with van der Waals surface area (Å²) in [5.74, 6) is -1.82. The molecule has 0 bridgehead atoms. The van der Waals surface area contributed by atoms with Crippen LogP contribution in [0, 0.1) is 11.7 Å². The highest BCUT2D eigenvalue weighted by molar-refractivity contribution is 7.92. The fraction of sp³-hybridized carbons (Fsp3) is 0.417. The molecule has 1 aliphatic rings. The Bertz CT molecular complexity index is 643. The number of carboxylic acid groups (broad SMARTS) is 1. The van der Waals surface area contributed by atoms with E-state index >= 15 is 0 Å². The van der Waals surface area contributed by atoms with Crippen molar-refractivity contribution >= 4 is 21.7 Å². The number of nitrogens with one attached hydrogen (secondary N) is 1. The van der Waals surface area contributed by atoms with Gasteiger partial charge in [0.2, 0.25) is 10.0 Å². The van der Waals surface area contributed by atoms with Crippen LogP contribution in [0.2, 0.25) is 0 Å². The molecule has 0 spiro atoms. The van der Waals surface area contributed by atoms with E-state index in [0.29, 0.717) is 12.0 Å². The smallest absolute Gasteiger partial charge is 0.314 e. The van der Waals surface area contributed by atoms with Crippen LogP contribution in [0.4, 0.5) is 10.1 Å². The molecule has 0 aromatic heterocycles. The highest BCUT2D eigenvalue weighted by Gasteiger charge is 2.59. The average molecular weight is 287 g/mol. The van der Waals surface area contributed by atoms with Gasteiger partial charge in [0.15, 0.2) is 0 Å². The van der Waals surface area contributed by atoms with E-state index in [0.717, 1.165) is 12.3 Å². The molecular formula is C12H14FNO4S. The molecule has 0 radical (unpaired) electrons. The Hall–Kier alpha value is -1.63. The first-order valence-corrected chi connectivity index (χ1v) is 7.57. The molecule has 2 N–H and O–H groups in total. The summed E-state index contributed by atoms with van der Waals surface area (Å²) in [6.07, 6.45) is 1.38. The Labute approximate surface area is 110 Å². The van der Waals surface area contributed by atoms with Gasteiger partial charge in [-0.25, -0.2) is 12.8 Å². The standard InChI is InChI=1S/C12H14FNO4S/c1-7-6-12(7,11(15)16)8-3-4-10(9(13)5-8)14-19(2,17)18/h3-5,7,14H,6H2,1-2H3,(H,15,16). The van der Waals surface area contributed by atoms with Crippen LogP contribution in [0.25, 0.3) is 0 Å². The maximum absolute atomic E-state index is 13.8. The largest absolute Gasteiger partial charge is 0.481 e. The minimum Gasteiger partial charge on any atom is -0.481 e. The summed E-state index contributed by atoms with van der Waals surface area (Å²) in [4.78, 5) is 11.3. The van der Waals surface area contributed by atoms with Gasteiger partial charge in [-0.2, -0.15) is 0 Å². The van der Waals surface area contributed by atoms with Gasteiger partial charge in [0.25, 0.3) is 0 Å². The lowest BCUT2D eigenvalue weighted by Crippen LogP contribution is -2.22. The molecule has 104 valence electrons. The van der Waals surface area contributed by atoms with Crippen LogP contribution in [-0.2, 0) is 20.2 Å². The lowest BCUT2D eigenvalue weighted by atomic mass is 9.93. The quantitative estimate of drug-likeness (QED) is 0.880. The number of carboxylic acids is 1. The van der Waals surface area contributed by atoms with Gasteiger partial charge in [-0.05, 0) is 30.0 Å². The number of carbonyl (C=O) groups is 1. The summed E-state index contributed by atoms with van der Waals surface area (Å²) in [6, 6.07) is 3.79. The third-order valence-corrected chi connectivity index (χ3v) is 4.06. The summed E-state index contributed by atoms with van der Waals surface area (Å²) in [5.41, 5.74) is -0.853. The number of hydrogen-bond donors (Lipinski definition) is 2. The van der Waals surface area contributed by atoms with Gasteiger partial charge in [0.1, 0.15) is 5.82 Å². The fourth-order valence-electron chi connectivity index (χ4n) is 2.32. The summed E-state index contributed by atoms with van der Waals surface area (Å²) < 4.78 is 37.9. The van der Waals surface area contributed by atoms with Gasteiger partial charge in [0, 0.05) is 0 Å². The molecule has 1 aromatic carbocycles. The van der Waals surface area contributed by atoms with Crippen molar-refractivity contribution in [3.8, 4) is 0 Å². The number of halogens is 1. The number of sulfonamides is 1. The summed E-state index contributed by atoms with van der Waals surface area (Å²) in [5, 5.41) is 9.24. The van der Waals surface area contributed by atoms with Crippen LogP contribution in [0.5, 0.6) is 0 Å². The molecule has 0 heterocycles. The van der Waals surface area contributed by atoms with Crippen LogP contribution in [0.1, 0.15) is 18.9 Å². The Morgan fingerprint density at radius 2 is 2.11 bits per heavy atom. The number of aliphatic carboxylic acids is 1. The summed E-state index contributed by atoms with van der Waals surface area (Å²) in [7, 11) is -3.57. The molecular weight excluding hydrogens is 273 g/mol. The first kappa shape index (κ1) is 13.8. The molecule has 0 saturated heterocycles. The Morgan fingerprint density at radius 1 is 1.53 bits per heavy atom. The fourth-order valence-corrected chi connectivity index (χ4v) is 2.89. The Kier molecular flexibility index (Phi) is 3.04. The Morgan fingerprint density at radius 3 is 2.47 bits per heavy atom. The van der Waals surface area contributed by atoms with Gasteiger partial charge in [-0.15, -0.1) is 0 Å². The number of rotatable bonds is 4. The van der Waals surface area contributed by atoms with Crippen molar-refractivity contribution in [2.75, 3.05) is 11.0 Å². The van der Waals surface area contributed by atoms with Crippen molar-refractivity contribution in [2.24, 2.45) is 5.92 Å². The average Bonchev–Trinajstić information content (AvgIpc) is 2.93. The zero-order chi connectivity index (χ0) is 14.4. The zero-order valence-electron chi connectivity index (χ0n) is 10.5. The first-order chi connectivity index (χ1) is 8.67. The van der Waals surface area contributed by atoms with E-state index in [4.69, 9.17) is 0 Å². The number of anilines is 1. The normalized spacial score (nSPS) is 25.9. The van der Waals surface area contributed by atoms with Crippen molar-refractivity contribution in [2.45, 2.75) is 18.8 Å². The number of benzene rings is 1. The lowest BCUT2D eigenvalue weighted by Gasteiger charge is -2.13. The molecule has 1 saturated carbocycles. The minimum atomic E-state index is -3.57. The van der Waals surface area contributed by atoms with E-state index in [9.17, 15) is 22.7 Å². The third kappa shape index (κ3) is 2.42. The van der Waals surface area contributed by atoms with Crippen LogP contribution in [0.3, 0.4) is 0 Å². The van der Waals surface area contributed by atoms with E-state index < -0.39 is 27.2 Å². The van der Waals surface area contributed by atoms with Crippen molar-refractivity contribution in [3.63, 3.8) is 0 Å². The topological polar surface area (TPSA) is 83.5 Å². The predicted octanol–water partition coefficient (Wildman–Crippen LogP) is 1.56. The second-order valence-corrected chi connectivity index (χ2v) is 6.70. The second-order valence-electron chi connectivity index (χ2n) is 4.95. The molecule has 0 amide bonds. The van der Waals surface area contributed by atoms with Crippen LogP contribution in [-0.4, -0.2) is 25.7 Å². The van der Waals surface area contributed by atoms with Crippen LogP contribution < -0.4 is 4.72 Å². The third-order valence-electron chi connectivity index (χ3n) is 3.47. The molecule has 7 heteroatoms. The van der Waals surface area contributed by atoms with E-state index in [1.165, 1.54) is 12.1 Å².